The summed E-state index contributed by atoms with van der Waals surface area (Å²) >= 11 is 0. The number of nitrogens with zero attached hydrogens (tertiary/aromatic N) is 3. The number of hydrogen-bond acceptors (Lipinski definition) is 3. The molecule has 0 saturated carbocycles. The Kier molecular flexibility index (Phi) is 8.88. The minimum Gasteiger partial charge on any atom is -0.378 e. The van der Waals surface area contributed by atoms with Gasteiger partial charge in [-0.15, -0.1) is 0 Å². The molecule has 230 valence electrons. The molecular formula is C39H55N3Si. The second kappa shape index (κ2) is 11.7. The van der Waals surface area contributed by atoms with E-state index < -0.39 is 8.07 Å². The van der Waals surface area contributed by atoms with E-state index in [9.17, 15) is 0 Å². The smallest absolute Gasteiger partial charge is 0.184 e. The van der Waals surface area contributed by atoms with Crippen LogP contribution in [0.15, 0.2) is 58.3 Å². The average Bonchev–Trinajstić information content (AvgIpc) is 3.08. The molecule has 3 nitrogen and oxygen atoms in total. The van der Waals surface area contributed by atoms with Crippen molar-refractivity contribution in [2.24, 2.45) is 5.92 Å². The lowest BCUT2D eigenvalue weighted by molar-refractivity contribution is 0.851. The zero-order valence-corrected chi connectivity index (χ0v) is 30.9. The number of allylic oxidation sites excluding steroid dienone is 4. The molecule has 4 rings (SSSR count). The zero-order valence-electron chi connectivity index (χ0n) is 29.9. The van der Waals surface area contributed by atoms with Gasteiger partial charge >= 0.3 is 0 Å². The standard InChI is InChI=1S/C39H55N3Si/c1-23-17-26(4)36(33(20-23)40(11)12)43(39-31(9)29(7)30(8)32(39)10,37-27(5)18-24(2)21-34(37)41(13)14)38-28(6)19-25(3)22-35(38)42(15)16/h17-22,31H,1-16H3. The Bertz CT molecular complexity index is 1500. The van der Waals surface area contributed by atoms with Gasteiger partial charge in [-0.1, -0.05) is 41.5 Å². The first-order chi connectivity index (χ1) is 20.0. The predicted octanol–water partition coefficient (Wildman–Crippen LogP) is 7.05. The number of benzene rings is 3. The van der Waals surface area contributed by atoms with Crippen LogP contribution in [0.1, 0.15) is 61.1 Å². The fourth-order valence-corrected chi connectivity index (χ4v) is 15.3. The summed E-state index contributed by atoms with van der Waals surface area (Å²) in [6, 6.07) is 14.6. The Morgan fingerprint density at radius 2 is 0.767 bits per heavy atom. The van der Waals surface area contributed by atoms with Crippen LogP contribution in [0.5, 0.6) is 0 Å². The van der Waals surface area contributed by atoms with Crippen LogP contribution in [-0.2, 0) is 0 Å². The molecular weight excluding hydrogens is 539 g/mol. The van der Waals surface area contributed by atoms with Gasteiger partial charge in [0.05, 0.1) is 0 Å². The van der Waals surface area contributed by atoms with Crippen LogP contribution in [0, 0.1) is 47.5 Å². The highest BCUT2D eigenvalue weighted by Gasteiger charge is 2.54. The molecule has 0 bridgehead atoms. The molecule has 0 aromatic heterocycles. The molecule has 0 spiro atoms. The van der Waals surface area contributed by atoms with E-state index in [2.05, 4.69) is 163 Å². The molecule has 1 aliphatic rings. The molecule has 0 N–H and O–H groups in total. The Labute approximate surface area is 263 Å². The van der Waals surface area contributed by atoms with Gasteiger partial charge in [0.25, 0.3) is 0 Å². The van der Waals surface area contributed by atoms with Gasteiger partial charge in [-0.2, -0.15) is 0 Å². The molecule has 1 unspecified atom stereocenters. The van der Waals surface area contributed by atoms with Crippen molar-refractivity contribution in [3.63, 3.8) is 0 Å². The maximum atomic E-state index is 2.48. The van der Waals surface area contributed by atoms with Gasteiger partial charge in [0, 0.05) is 59.3 Å². The van der Waals surface area contributed by atoms with E-state index >= 15 is 0 Å². The summed E-state index contributed by atoms with van der Waals surface area (Å²) in [5.41, 5.74) is 16.6. The van der Waals surface area contributed by atoms with E-state index in [1.54, 1.807) is 5.20 Å². The molecule has 0 aliphatic heterocycles. The minimum atomic E-state index is -3.01. The van der Waals surface area contributed by atoms with Crippen molar-refractivity contribution in [1.29, 1.82) is 0 Å². The van der Waals surface area contributed by atoms with Crippen LogP contribution in [0.2, 0.25) is 0 Å². The fraction of sp³-hybridized carbons (Fsp3) is 0.436. The molecule has 0 saturated heterocycles. The highest BCUT2D eigenvalue weighted by molar-refractivity contribution is 7.18. The van der Waals surface area contributed by atoms with Crippen LogP contribution >= 0.6 is 0 Å². The first kappa shape index (κ1) is 32.7. The van der Waals surface area contributed by atoms with Crippen LogP contribution in [-0.4, -0.2) is 50.4 Å². The number of hydrogen-bond donors (Lipinski definition) is 0. The van der Waals surface area contributed by atoms with E-state index in [0.29, 0.717) is 5.92 Å². The predicted molar refractivity (Wildman–Crippen MR) is 196 cm³/mol. The highest BCUT2D eigenvalue weighted by Crippen LogP contribution is 2.45. The third-order valence-electron chi connectivity index (χ3n) is 9.99. The van der Waals surface area contributed by atoms with E-state index in [-0.39, 0.29) is 0 Å². The first-order valence-corrected chi connectivity index (χ1v) is 17.7. The summed E-state index contributed by atoms with van der Waals surface area (Å²) in [5, 5.41) is 6.22. The third-order valence-corrected chi connectivity index (χ3v) is 15.8. The van der Waals surface area contributed by atoms with Gasteiger partial charge < -0.3 is 14.7 Å². The maximum absolute atomic E-state index is 3.01. The molecule has 3 aromatic carbocycles. The molecule has 1 aliphatic carbocycles. The normalized spacial score (nSPS) is 15.5. The molecule has 3 aromatic rings. The monoisotopic (exact) mass is 593 g/mol. The van der Waals surface area contributed by atoms with Crippen LogP contribution in [0.25, 0.3) is 0 Å². The van der Waals surface area contributed by atoms with Crippen LogP contribution in [0.3, 0.4) is 0 Å². The van der Waals surface area contributed by atoms with Crippen molar-refractivity contribution in [1.82, 2.24) is 0 Å². The zero-order chi connectivity index (χ0) is 32.3. The highest BCUT2D eigenvalue weighted by atomic mass is 28.3. The minimum absolute atomic E-state index is 0.341. The lowest BCUT2D eigenvalue weighted by atomic mass is 10.1. The molecule has 0 amide bonds. The van der Waals surface area contributed by atoms with Crippen molar-refractivity contribution in [3.8, 4) is 0 Å². The number of anilines is 3. The van der Waals surface area contributed by atoms with E-state index in [1.165, 1.54) is 82.7 Å². The van der Waals surface area contributed by atoms with Crippen molar-refractivity contribution in [3.05, 3.63) is 91.7 Å². The molecule has 4 heteroatoms. The van der Waals surface area contributed by atoms with Crippen molar-refractivity contribution < 1.29 is 0 Å². The molecule has 0 heterocycles. The summed E-state index contributed by atoms with van der Waals surface area (Å²) in [5.74, 6) is 0.341. The van der Waals surface area contributed by atoms with Gasteiger partial charge in [-0.25, -0.2) is 0 Å². The topological polar surface area (TPSA) is 9.72 Å². The third kappa shape index (κ3) is 5.16. The molecule has 1 atom stereocenters. The van der Waals surface area contributed by atoms with Gasteiger partial charge in [-0.05, 0) is 141 Å². The first-order valence-electron chi connectivity index (χ1n) is 15.7. The van der Waals surface area contributed by atoms with Crippen LogP contribution in [0.4, 0.5) is 17.1 Å². The van der Waals surface area contributed by atoms with Gasteiger partial charge in [0.2, 0.25) is 0 Å². The Balaban J connectivity index is 2.54. The second-order valence-corrected chi connectivity index (χ2v) is 17.5. The quantitative estimate of drug-likeness (QED) is 0.215. The Hall–Kier alpha value is -3.24. The van der Waals surface area contributed by atoms with Gasteiger partial charge in [0.1, 0.15) is 0 Å². The summed E-state index contributed by atoms with van der Waals surface area (Å²) < 4.78 is 0. The van der Waals surface area contributed by atoms with E-state index in [4.69, 9.17) is 0 Å². The lowest BCUT2D eigenvalue weighted by Crippen LogP contribution is -2.73. The summed E-state index contributed by atoms with van der Waals surface area (Å²) in [7, 11) is 10.4. The molecule has 0 radical (unpaired) electrons. The maximum Gasteiger partial charge on any atom is 0.184 e. The lowest BCUT2D eigenvalue weighted by Gasteiger charge is -2.46. The van der Waals surface area contributed by atoms with Gasteiger partial charge in [-0.3, -0.25) is 0 Å². The Morgan fingerprint density at radius 3 is 1.00 bits per heavy atom. The van der Waals surface area contributed by atoms with Crippen molar-refractivity contribution in [2.45, 2.75) is 69.2 Å². The second-order valence-electron chi connectivity index (χ2n) is 13.9. The largest absolute Gasteiger partial charge is 0.378 e. The van der Waals surface area contributed by atoms with Crippen molar-refractivity contribution in [2.75, 3.05) is 57.0 Å². The molecule has 0 fully saturated rings. The summed E-state index contributed by atoms with van der Waals surface area (Å²) in [6.45, 7) is 23.5. The van der Waals surface area contributed by atoms with Crippen molar-refractivity contribution >= 4 is 40.7 Å². The summed E-state index contributed by atoms with van der Waals surface area (Å²) in [6.07, 6.45) is 0. The van der Waals surface area contributed by atoms with E-state index in [1.807, 2.05) is 0 Å². The SMILES string of the molecule is CC1=C(C)C(C)C([Si](c2c(C)cc(C)cc2N(C)C)(c2c(C)cc(C)cc2N(C)C)c2c(C)cc(C)cc2N(C)C)=C1C. The van der Waals surface area contributed by atoms with Crippen LogP contribution < -0.4 is 30.3 Å². The summed E-state index contributed by atoms with van der Waals surface area (Å²) in [4.78, 5) is 7.12. The molecule has 43 heavy (non-hydrogen) atoms. The average molecular weight is 594 g/mol. The number of aryl methyl sites for hydroxylation is 6. The Morgan fingerprint density at radius 1 is 0.465 bits per heavy atom. The van der Waals surface area contributed by atoms with E-state index in [0.717, 1.165) is 0 Å². The number of rotatable bonds is 7. The van der Waals surface area contributed by atoms with Gasteiger partial charge in [0.15, 0.2) is 8.07 Å². The fourth-order valence-electron chi connectivity index (χ4n) is 8.11.